The third-order valence-corrected chi connectivity index (χ3v) is 5.18. The number of hydrogen-bond acceptors (Lipinski definition) is 3. The largest absolute Gasteiger partial charge is 0.377 e. The Bertz CT molecular complexity index is 269. The summed E-state index contributed by atoms with van der Waals surface area (Å²) < 4.78 is 5.80. The van der Waals surface area contributed by atoms with Crippen LogP contribution < -0.4 is 5.32 Å². The van der Waals surface area contributed by atoms with Crippen LogP contribution in [0.15, 0.2) is 0 Å². The first-order chi connectivity index (χ1) is 9.63. The van der Waals surface area contributed by atoms with Crippen LogP contribution in [0, 0.1) is 11.3 Å². The summed E-state index contributed by atoms with van der Waals surface area (Å²) in [5.74, 6) is 0.927. The van der Waals surface area contributed by atoms with Gasteiger partial charge in [0.05, 0.1) is 6.10 Å². The third kappa shape index (κ3) is 4.71. The fraction of sp³-hybridized carbons (Fsp3) is 1.00. The predicted molar refractivity (Wildman–Crippen MR) is 85.1 cm³/mol. The molecule has 0 bridgehead atoms. The van der Waals surface area contributed by atoms with E-state index in [4.69, 9.17) is 4.74 Å². The molecular weight excluding hydrogens is 248 g/mol. The van der Waals surface area contributed by atoms with Crippen molar-refractivity contribution in [2.75, 3.05) is 39.3 Å². The fourth-order valence-electron chi connectivity index (χ4n) is 3.85. The Morgan fingerprint density at radius 2 is 2.00 bits per heavy atom. The smallest absolute Gasteiger partial charge is 0.0673 e. The zero-order valence-electron chi connectivity index (χ0n) is 13.8. The lowest BCUT2D eigenvalue weighted by Gasteiger charge is -2.43. The van der Waals surface area contributed by atoms with Crippen molar-refractivity contribution in [3.05, 3.63) is 0 Å². The first kappa shape index (κ1) is 16.3. The van der Waals surface area contributed by atoms with Gasteiger partial charge in [-0.15, -0.1) is 0 Å². The summed E-state index contributed by atoms with van der Waals surface area (Å²) in [5, 5.41) is 3.63. The van der Waals surface area contributed by atoms with E-state index < -0.39 is 0 Å². The van der Waals surface area contributed by atoms with Gasteiger partial charge in [-0.05, 0) is 44.1 Å². The lowest BCUT2D eigenvalue weighted by molar-refractivity contribution is 0.0478. The summed E-state index contributed by atoms with van der Waals surface area (Å²) in [7, 11) is 0. The molecule has 2 aliphatic rings. The number of nitrogens with one attached hydrogen (secondary N) is 1. The first-order valence-corrected chi connectivity index (χ1v) is 8.68. The van der Waals surface area contributed by atoms with Gasteiger partial charge >= 0.3 is 0 Å². The SMILES string of the molecule is CCNCC1(CN2CCCOC(C)C2)CCC(C)CC1. The van der Waals surface area contributed by atoms with Crippen LogP contribution in [-0.4, -0.2) is 50.3 Å². The van der Waals surface area contributed by atoms with E-state index >= 15 is 0 Å². The molecule has 0 aromatic rings. The van der Waals surface area contributed by atoms with Crippen LogP contribution in [0.3, 0.4) is 0 Å². The van der Waals surface area contributed by atoms with E-state index in [9.17, 15) is 0 Å². The van der Waals surface area contributed by atoms with E-state index in [1.54, 1.807) is 0 Å². The van der Waals surface area contributed by atoms with Crippen LogP contribution in [0.2, 0.25) is 0 Å². The standard InChI is InChI=1S/C17H34N2O/c1-4-18-13-17(8-6-15(2)7-9-17)14-19-10-5-11-20-16(3)12-19/h15-16,18H,4-14H2,1-3H3. The second-order valence-electron chi connectivity index (χ2n) is 7.23. The minimum atomic E-state index is 0.399. The van der Waals surface area contributed by atoms with Crippen LogP contribution in [0.5, 0.6) is 0 Å². The van der Waals surface area contributed by atoms with Crippen molar-refractivity contribution in [2.45, 2.75) is 59.0 Å². The zero-order chi connectivity index (χ0) is 14.4. The molecule has 1 atom stereocenters. The van der Waals surface area contributed by atoms with Crippen molar-refractivity contribution in [3.63, 3.8) is 0 Å². The number of hydrogen-bond donors (Lipinski definition) is 1. The molecule has 2 rings (SSSR count). The summed E-state index contributed by atoms with van der Waals surface area (Å²) in [4.78, 5) is 2.67. The quantitative estimate of drug-likeness (QED) is 0.839. The molecule has 1 aliphatic carbocycles. The lowest BCUT2D eigenvalue weighted by atomic mass is 9.70. The Balaban J connectivity index is 1.95. The minimum Gasteiger partial charge on any atom is -0.377 e. The molecule has 1 saturated carbocycles. The van der Waals surface area contributed by atoms with Gasteiger partial charge in [0.15, 0.2) is 0 Å². The molecule has 1 saturated heterocycles. The summed E-state index contributed by atoms with van der Waals surface area (Å²) in [6, 6.07) is 0. The summed E-state index contributed by atoms with van der Waals surface area (Å²) >= 11 is 0. The molecule has 0 spiro atoms. The molecular formula is C17H34N2O. The molecule has 3 nitrogen and oxygen atoms in total. The van der Waals surface area contributed by atoms with Crippen molar-refractivity contribution >= 4 is 0 Å². The van der Waals surface area contributed by atoms with Crippen LogP contribution in [0.4, 0.5) is 0 Å². The Kier molecular flexibility index (Phi) is 6.31. The van der Waals surface area contributed by atoms with E-state index in [1.165, 1.54) is 51.7 Å². The first-order valence-electron chi connectivity index (χ1n) is 8.68. The Morgan fingerprint density at radius 1 is 1.25 bits per heavy atom. The minimum absolute atomic E-state index is 0.399. The van der Waals surface area contributed by atoms with Gasteiger partial charge in [0, 0.05) is 32.8 Å². The van der Waals surface area contributed by atoms with Crippen molar-refractivity contribution in [2.24, 2.45) is 11.3 Å². The summed E-state index contributed by atoms with van der Waals surface area (Å²) in [5.41, 5.74) is 0.507. The highest BCUT2D eigenvalue weighted by Gasteiger charge is 2.35. The van der Waals surface area contributed by atoms with Gasteiger partial charge in [-0.2, -0.15) is 0 Å². The maximum atomic E-state index is 5.80. The molecule has 1 N–H and O–H groups in total. The topological polar surface area (TPSA) is 24.5 Å². The molecule has 1 heterocycles. The lowest BCUT2D eigenvalue weighted by Crippen LogP contribution is -2.47. The maximum Gasteiger partial charge on any atom is 0.0673 e. The fourth-order valence-corrected chi connectivity index (χ4v) is 3.85. The van der Waals surface area contributed by atoms with Crippen molar-refractivity contribution in [3.8, 4) is 0 Å². The molecule has 1 aliphatic heterocycles. The highest BCUT2D eigenvalue weighted by molar-refractivity contribution is 4.90. The Hall–Kier alpha value is -0.120. The summed E-state index contributed by atoms with van der Waals surface area (Å²) in [6.45, 7) is 13.7. The van der Waals surface area contributed by atoms with E-state index in [2.05, 4.69) is 31.0 Å². The molecule has 3 heteroatoms. The highest BCUT2D eigenvalue weighted by Crippen LogP contribution is 2.39. The normalized spacial score (nSPS) is 36.8. The van der Waals surface area contributed by atoms with Crippen LogP contribution in [0.1, 0.15) is 52.9 Å². The van der Waals surface area contributed by atoms with Gasteiger partial charge < -0.3 is 15.0 Å². The van der Waals surface area contributed by atoms with E-state index in [0.29, 0.717) is 11.5 Å². The molecule has 2 fully saturated rings. The van der Waals surface area contributed by atoms with Gasteiger partial charge in [0.2, 0.25) is 0 Å². The molecule has 0 radical (unpaired) electrons. The number of rotatable bonds is 5. The second-order valence-corrected chi connectivity index (χ2v) is 7.23. The molecule has 20 heavy (non-hydrogen) atoms. The van der Waals surface area contributed by atoms with Gasteiger partial charge in [0.25, 0.3) is 0 Å². The Labute approximate surface area is 125 Å². The van der Waals surface area contributed by atoms with Crippen LogP contribution in [0.25, 0.3) is 0 Å². The van der Waals surface area contributed by atoms with Crippen LogP contribution in [-0.2, 0) is 4.74 Å². The average molecular weight is 282 g/mol. The molecule has 0 amide bonds. The maximum absolute atomic E-state index is 5.80. The monoisotopic (exact) mass is 282 g/mol. The van der Waals surface area contributed by atoms with Gasteiger partial charge in [-0.25, -0.2) is 0 Å². The van der Waals surface area contributed by atoms with Crippen molar-refractivity contribution < 1.29 is 4.74 Å². The second kappa shape index (κ2) is 7.77. The Morgan fingerprint density at radius 3 is 2.70 bits per heavy atom. The van der Waals surface area contributed by atoms with E-state index in [-0.39, 0.29) is 0 Å². The molecule has 0 aromatic carbocycles. The molecule has 0 aromatic heterocycles. The van der Waals surface area contributed by atoms with E-state index in [0.717, 1.165) is 25.6 Å². The molecule has 1 unspecified atom stereocenters. The van der Waals surface area contributed by atoms with Crippen LogP contribution >= 0.6 is 0 Å². The third-order valence-electron chi connectivity index (χ3n) is 5.18. The van der Waals surface area contributed by atoms with Gasteiger partial charge in [-0.3, -0.25) is 0 Å². The van der Waals surface area contributed by atoms with Gasteiger partial charge in [0.1, 0.15) is 0 Å². The van der Waals surface area contributed by atoms with Crippen molar-refractivity contribution in [1.29, 1.82) is 0 Å². The predicted octanol–water partition coefficient (Wildman–Crippen LogP) is 2.90. The number of ether oxygens (including phenoxy) is 1. The van der Waals surface area contributed by atoms with Gasteiger partial charge in [-0.1, -0.05) is 26.7 Å². The average Bonchev–Trinajstić information content (AvgIpc) is 2.64. The van der Waals surface area contributed by atoms with E-state index in [1.807, 2.05) is 0 Å². The molecule has 118 valence electrons. The van der Waals surface area contributed by atoms with Crippen molar-refractivity contribution in [1.82, 2.24) is 10.2 Å². The zero-order valence-corrected chi connectivity index (χ0v) is 13.8. The summed E-state index contributed by atoms with van der Waals surface area (Å²) in [6.07, 6.45) is 7.20. The number of nitrogens with zero attached hydrogens (tertiary/aromatic N) is 1. The highest BCUT2D eigenvalue weighted by atomic mass is 16.5.